The number of thiazole rings is 1. The molecule has 126 valence electrons. The van der Waals surface area contributed by atoms with E-state index in [9.17, 15) is 0 Å². The molecule has 0 bridgehead atoms. The van der Waals surface area contributed by atoms with E-state index in [2.05, 4.69) is 29.9 Å². The Morgan fingerprint density at radius 3 is 2.60 bits per heavy atom. The van der Waals surface area contributed by atoms with Crippen molar-refractivity contribution in [3.8, 4) is 11.5 Å². The monoisotopic (exact) mass is 350 g/mol. The van der Waals surface area contributed by atoms with Crippen LogP contribution in [0, 0.1) is 13.8 Å². The molecule has 0 aliphatic heterocycles. The van der Waals surface area contributed by atoms with Gasteiger partial charge in [-0.25, -0.2) is 4.99 Å². The summed E-state index contributed by atoms with van der Waals surface area (Å²) in [6, 6.07) is 13.9. The molecule has 0 N–H and O–H groups in total. The Labute approximate surface area is 149 Å². The van der Waals surface area contributed by atoms with E-state index < -0.39 is 0 Å². The highest BCUT2D eigenvalue weighted by atomic mass is 32.1. The second-order valence-electron chi connectivity index (χ2n) is 5.88. The Morgan fingerprint density at radius 2 is 1.84 bits per heavy atom. The lowest BCUT2D eigenvalue weighted by Gasteiger charge is -2.07. The van der Waals surface area contributed by atoms with E-state index in [1.54, 1.807) is 23.9 Å². The number of hydrogen-bond donors (Lipinski definition) is 0. The van der Waals surface area contributed by atoms with Crippen molar-refractivity contribution >= 4 is 17.0 Å². The third-order valence-electron chi connectivity index (χ3n) is 4.26. The fraction of sp³-hybridized carbons (Fsp3) is 0.150. The molecule has 5 heteroatoms. The van der Waals surface area contributed by atoms with Gasteiger partial charge in [0.15, 0.2) is 10.6 Å². The minimum atomic E-state index is 0.607. The van der Waals surface area contributed by atoms with Crippen molar-refractivity contribution in [1.29, 1.82) is 0 Å². The average molecular weight is 350 g/mol. The predicted molar refractivity (Wildman–Crippen MR) is 99.0 cm³/mol. The number of aryl methyl sites for hydroxylation is 1. The first-order valence-electron chi connectivity index (χ1n) is 8.08. The normalized spacial score (nSPS) is 12.0. The van der Waals surface area contributed by atoms with Gasteiger partial charge in [-0.1, -0.05) is 12.1 Å². The summed E-state index contributed by atoms with van der Waals surface area (Å²) in [5.41, 5.74) is 4.41. The molecule has 4 nitrogen and oxygen atoms in total. The maximum Gasteiger partial charge on any atom is 0.190 e. The highest BCUT2D eigenvalue weighted by molar-refractivity contribution is 7.07. The summed E-state index contributed by atoms with van der Waals surface area (Å²) >= 11 is 1.60. The van der Waals surface area contributed by atoms with Crippen molar-refractivity contribution in [3.63, 3.8) is 0 Å². The number of hydrogen-bond acceptors (Lipinski definition) is 4. The van der Waals surface area contributed by atoms with E-state index in [0.717, 1.165) is 27.7 Å². The second kappa shape index (κ2) is 6.61. The van der Waals surface area contributed by atoms with Gasteiger partial charge in [-0.05, 0) is 55.3 Å². The Balaban J connectivity index is 1.87. The summed E-state index contributed by atoms with van der Waals surface area (Å²) in [5.74, 6) is 1.71. The van der Waals surface area contributed by atoms with Gasteiger partial charge in [-0.3, -0.25) is 0 Å². The van der Waals surface area contributed by atoms with E-state index in [0.29, 0.717) is 6.54 Å². The summed E-state index contributed by atoms with van der Waals surface area (Å²) in [7, 11) is 0. The van der Waals surface area contributed by atoms with Gasteiger partial charge in [0.1, 0.15) is 5.76 Å². The molecule has 3 aromatic heterocycles. The van der Waals surface area contributed by atoms with E-state index in [1.807, 2.05) is 36.4 Å². The van der Waals surface area contributed by atoms with Gasteiger partial charge in [0, 0.05) is 5.38 Å². The molecule has 0 saturated heterocycles. The van der Waals surface area contributed by atoms with Gasteiger partial charge in [0.2, 0.25) is 0 Å². The van der Waals surface area contributed by atoms with Crippen molar-refractivity contribution in [2.45, 2.75) is 20.4 Å². The van der Waals surface area contributed by atoms with Crippen LogP contribution in [0.2, 0.25) is 0 Å². The molecule has 0 radical (unpaired) electrons. The van der Waals surface area contributed by atoms with Crippen LogP contribution in [0.15, 0.2) is 74.2 Å². The lowest BCUT2D eigenvalue weighted by atomic mass is 10.1. The summed E-state index contributed by atoms with van der Waals surface area (Å²) < 4.78 is 13.3. The quantitative estimate of drug-likeness (QED) is 0.501. The standard InChI is InChI=1S/C20H18N2O2S/c1-14-6-3-8-17(15(14)2)21-20-22(12-16-7-4-10-23-16)18(13-25-20)19-9-5-11-24-19/h3-11,13H,12H2,1-2H3. The summed E-state index contributed by atoms with van der Waals surface area (Å²) in [5, 5.41) is 2.08. The fourth-order valence-electron chi connectivity index (χ4n) is 2.71. The van der Waals surface area contributed by atoms with Gasteiger partial charge in [0.05, 0.1) is 30.5 Å². The summed E-state index contributed by atoms with van der Waals surface area (Å²) in [6.45, 7) is 4.82. The van der Waals surface area contributed by atoms with Crippen LogP contribution in [0.3, 0.4) is 0 Å². The van der Waals surface area contributed by atoms with Gasteiger partial charge < -0.3 is 13.4 Å². The van der Waals surface area contributed by atoms with Crippen molar-refractivity contribution < 1.29 is 8.83 Å². The number of rotatable bonds is 4. The molecule has 0 saturated carbocycles. The molecule has 0 unspecified atom stereocenters. The van der Waals surface area contributed by atoms with Crippen LogP contribution >= 0.6 is 11.3 Å². The summed E-state index contributed by atoms with van der Waals surface area (Å²) in [6.07, 6.45) is 3.38. The minimum absolute atomic E-state index is 0.607. The molecule has 0 spiro atoms. The zero-order valence-corrected chi connectivity index (χ0v) is 14.9. The lowest BCUT2D eigenvalue weighted by Crippen LogP contribution is -2.16. The lowest BCUT2D eigenvalue weighted by molar-refractivity contribution is 0.489. The van der Waals surface area contributed by atoms with Crippen molar-refractivity contribution in [3.05, 3.63) is 82.1 Å². The molecule has 4 aromatic rings. The zero-order valence-electron chi connectivity index (χ0n) is 14.1. The van der Waals surface area contributed by atoms with Crippen molar-refractivity contribution in [2.75, 3.05) is 0 Å². The number of nitrogens with zero attached hydrogens (tertiary/aromatic N) is 2. The Bertz CT molecular complexity index is 1040. The Hall–Kier alpha value is -2.79. The first kappa shape index (κ1) is 15.7. The number of furan rings is 2. The predicted octanol–water partition coefficient (Wildman–Crippen LogP) is 5.30. The van der Waals surface area contributed by atoms with Crippen LogP contribution in [0.1, 0.15) is 16.9 Å². The SMILES string of the molecule is Cc1cccc(N=c2scc(-c3ccco3)n2Cc2ccco2)c1C. The van der Waals surface area contributed by atoms with E-state index >= 15 is 0 Å². The average Bonchev–Trinajstić information content (AvgIpc) is 3.35. The molecule has 0 atom stereocenters. The Kier molecular flexibility index (Phi) is 4.15. The minimum Gasteiger partial charge on any atom is -0.467 e. The molecule has 3 heterocycles. The molecule has 0 fully saturated rings. The Morgan fingerprint density at radius 1 is 1.00 bits per heavy atom. The number of aromatic nitrogens is 1. The molecule has 1 aromatic carbocycles. The highest BCUT2D eigenvalue weighted by Crippen LogP contribution is 2.24. The van der Waals surface area contributed by atoms with Crippen LogP contribution in [0.25, 0.3) is 11.5 Å². The smallest absolute Gasteiger partial charge is 0.190 e. The fourth-order valence-corrected chi connectivity index (χ4v) is 3.61. The molecule has 0 amide bonds. The third-order valence-corrected chi connectivity index (χ3v) is 5.12. The van der Waals surface area contributed by atoms with E-state index in [1.165, 1.54) is 11.1 Å². The van der Waals surface area contributed by atoms with Gasteiger partial charge in [-0.2, -0.15) is 0 Å². The molecule has 4 rings (SSSR count). The largest absolute Gasteiger partial charge is 0.467 e. The maximum absolute atomic E-state index is 5.60. The first-order chi connectivity index (χ1) is 12.2. The second-order valence-corrected chi connectivity index (χ2v) is 6.71. The van der Waals surface area contributed by atoms with Gasteiger partial charge in [0.25, 0.3) is 0 Å². The van der Waals surface area contributed by atoms with Crippen molar-refractivity contribution in [1.82, 2.24) is 4.57 Å². The van der Waals surface area contributed by atoms with Crippen LogP contribution < -0.4 is 4.80 Å². The highest BCUT2D eigenvalue weighted by Gasteiger charge is 2.12. The van der Waals surface area contributed by atoms with Crippen LogP contribution in [-0.4, -0.2) is 4.57 Å². The van der Waals surface area contributed by atoms with Crippen LogP contribution in [0.4, 0.5) is 5.69 Å². The van der Waals surface area contributed by atoms with Crippen molar-refractivity contribution in [2.24, 2.45) is 4.99 Å². The van der Waals surface area contributed by atoms with E-state index in [4.69, 9.17) is 13.8 Å². The zero-order chi connectivity index (χ0) is 17.2. The molecular weight excluding hydrogens is 332 g/mol. The molecule has 0 aliphatic rings. The number of benzene rings is 1. The van der Waals surface area contributed by atoms with Gasteiger partial charge >= 0.3 is 0 Å². The van der Waals surface area contributed by atoms with Crippen LogP contribution in [-0.2, 0) is 6.54 Å². The molecule has 25 heavy (non-hydrogen) atoms. The van der Waals surface area contributed by atoms with Crippen LogP contribution in [0.5, 0.6) is 0 Å². The topological polar surface area (TPSA) is 43.6 Å². The summed E-state index contributed by atoms with van der Waals surface area (Å²) in [4.78, 5) is 5.82. The third kappa shape index (κ3) is 3.10. The molecule has 0 aliphatic carbocycles. The molecular formula is C20H18N2O2S. The van der Waals surface area contributed by atoms with Gasteiger partial charge in [-0.15, -0.1) is 11.3 Å². The first-order valence-corrected chi connectivity index (χ1v) is 8.96. The maximum atomic E-state index is 5.60. The van der Waals surface area contributed by atoms with E-state index in [-0.39, 0.29) is 0 Å².